The highest BCUT2D eigenvalue weighted by Gasteiger charge is 2.13. The molecule has 0 heterocycles. The molecule has 0 fully saturated rings. The molecular formula is C26H39NO3. The minimum Gasteiger partial charge on any atom is -0.493 e. The molecule has 1 atom stereocenters. The largest absolute Gasteiger partial charge is 0.493 e. The molecule has 0 radical (unpaired) electrons. The van der Waals surface area contributed by atoms with Crippen LogP contribution in [-0.4, -0.2) is 26.9 Å². The van der Waals surface area contributed by atoms with E-state index in [-0.39, 0.29) is 6.10 Å². The summed E-state index contributed by atoms with van der Waals surface area (Å²) in [5.74, 6) is 3.76. The summed E-state index contributed by atoms with van der Waals surface area (Å²) in [4.78, 5) is 0. The smallest absolute Gasteiger partial charge is 0.161 e. The molecule has 0 saturated carbocycles. The third kappa shape index (κ3) is 7.91. The summed E-state index contributed by atoms with van der Waals surface area (Å²) in [6.45, 7) is 10.5. The van der Waals surface area contributed by atoms with Crippen LogP contribution in [-0.2, 0) is 6.54 Å². The van der Waals surface area contributed by atoms with Crippen molar-refractivity contribution in [2.45, 2.75) is 65.5 Å². The monoisotopic (exact) mass is 413 g/mol. The molecule has 2 aromatic rings. The predicted molar refractivity (Wildman–Crippen MR) is 125 cm³/mol. The van der Waals surface area contributed by atoms with E-state index in [4.69, 9.17) is 14.2 Å². The second-order valence-electron chi connectivity index (χ2n) is 8.56. The molecule has 166 valence electrons. The lowest BCUT2D eigenvalue weighted by Crippen LogP contribution is -2.17. The van der Waals surface area contributed by atoms with Crippen molar-refractivity contribution in [3.63, 3.8) is 0 Å². The van der Waals surface area contributed by atoms with Gasteiger partial charge in [0, 0.05) is 6.54 Å². The first-order chi connectivity index (χ1) is 14.4. The fourth-order valence-corrected chi connectivity index (χ4v) is 3.60. The lowest BCUT2D eigenvalue weighted by Gasteiger charge is -2.20. The molecule has 4 heteroatoms. The highest BCUT2D eigenvalue weighted by Crippen LogP contribution is 2.29. The predicted octanol–water partition coefficient (Wildman–Crippen LogP) is 6.19. The number of rotatable bonds is 13. The molecular weight excluding hydrogens is 374 g/mol. The maximum absolute atomic E-state index is 5.80. The topological polar surface area (TPSA) is 39.7 Å². The fraction of sp³-hybridized carbons (Fsp3) is 0.538. The van der Waals surface area contributed by atoms with Crippen LogP contribution >= 0.6 is 0 Å². The maximum Gasteiger partial charge on any atom is 0.161 e. The summed E-state index contributed by atoms with van der Waals surface area (Å²) in [5, 5.41) is 3.59. The van der Waals surface area contributed by atoms with Gasteiger partial charge in [-0.25, -0.2) is 0 Å². The molecule has 0 aliphatic heterocycles. The number of methoxy groups -OCH3 is 2. The van der Waals surface area contributed by atoms with Crippen molar-refractivity contribution in [2.24, 2.45) is 5.92 Å². The van der Waals surface area contributed by atoms with E-state index in [1.807, 2.05) is 12.1 Å². The minimum absolute atomic E-state index is 0.202. The van der Waals surface area contributed by atoms with Gasteiger partial charge in [-0.05, 0) is 80.5 Å². The van der Waals surface area contributed by atoms with E-state index in [9.17, 15) is 0 Å². The molecule has 0 aromatic heterocycles. The second-order valence-corrected chi connectivity index (χ2v) is 8.56. The van der Waals surface area contributed by atoms with E-state index in [1.54, 1.807) is 14.2 Å². The Morgan fingerprint density at radius 1 is 0.800 bits per heavy atom. The number of ether oxygens (including phenoxy) is 3. The molecule has 30 heavy (non-hydrogen) atoms. The standard InChI is InChI=1S/C26H39NO3/c1-19(2)7-9-23(22-10-12-24(13-11-22)30-20(3)4)15-16-27-18-21-8-14-25(28-5)26(17-21)29-6/h8,10-14,17,19-20,23,27H,7,9,15-16,18H2,1-6H3/t23-/m0/s1. The lowest BCUT2D eigenvalue weighted by molar-refractivity contribution is 0.242. The molecule has 0 amide bonds. The molecule has 0 unspecified atom stereocenters. The molecule has 2 aromatic carbocycles. The van der Waals surface area contributed by atoms with Crippen molar-refractivity contribution in [1.82, 2.24) is 5.32 Å². The molecule has 0 bridgehead atoms. The van der Waals surface area contributed by atoms with Crippen LogP contribution in [0.4, 0.5) is 0 Å². The van der Waals surface area contributed by atoms with Crippen LogP contribution in [0.15, 0.2) is 42.5 Å². The summed E-state index contributed by atoms with van der Waals surface area (Å²) in [6, 6.07) is 14.8. The van der Waals surface area contributed by atoms with Crippen LogP contribution in [0.5, 0.6) is 17.2 Å². The highest BCUT2D eigenvalue weighted by atomic mass is 16.5. The van der Waals surface area contributed by atoms with Gasteiger partial charge in [0.2, 0.25) is 0 Å². The van der Waals surface area contributed by atoms with E-state index >= 15 is 0 Å². The lowest BCUT2D eigenvalue weighted by atomic mass is 9.88. The Labute approximate surface area is 182 Å². The summed E-state index contributed by atoms with van der Waals surface area (Å²) in [6.07, 6.45) is 3.77. The van der Waals surface area contributed by atoms with E-state index in [2.05, 4.69) is 63.3 Å². The summed E-state index contributed by atoms with van der Waals surface area (Å²) in [7, 11) is 3.33. The van der Waals surface area contributed by atoms with E-state index < -0.39 is 0 Å². The summed E-state index contributed by atoms with van der Waals surface area (Å²) >= 11 is 0. The van der Waals surface area contributed by atoms with Crippen LogP contribution in [0, 0.1) is 5.92 Å². The van der Waals surface area contributed by atoms with Crippen molar-refractivity contribution in [3.8, 4) is 17.2 Å². The van der Waals surface area contributed by atoms with Crippen LogP contribution in [0.25, 0.3) is 0 Å². The van der Waals surface area contributed by atoms with Crippen LogP contribution in [0.3, 0.4) is 0 Å². The first-order valence-electron chi connectivity index (χ1n) is 11.1. The molecule has 2 rings (SSSR count). The quantitative estimate of drug-likeness (QED) is 0.397. The Balaban J connectivity index is 1.93. The van der Waals surface area contributed by atoms with Crippen molar-refractivity contribution in [2.75, 3.05) is 20.8 Å². The molecule has 4 nitrogen and oxygen atoms in total. The van der Waals surface area contributed by atoms with Gasteiger partial charge in [0.05, 0.1) is 20.3 Å². The average Bonchev–Trinajstić information content (AvgIpc) is 2.73. The number of hydrogen-bond acceptors (Lipinski definition) is 4. The maximum atomic E-state index is 5.80. The summed E-state index contributed by atoms with van der Waals surface area (Å²) < 4.78 is 16.5. The zero-order valence-electron chi connectivity index (χ0n) is 19.5. The van der Waals surface area contributed by atoms with Gasteiger partial charge >= 0.3 is 0 Å². The van der Waals surface area contributed by atoms with Crippen LogP contribution in [0.2, 0.25) is 0 Å². The Morgan fingerprint density at radius 3 is 2.10 bits per heavy atom. The second kappa shape index (κ2) is 12.5. The van der Waals surface area contributed by atoms with Crippen molar-refractivity contribution in [3.05, 3.63) is 53.6 Å². The van der Waals surface area contributed by atoms with Crippen LogP contribution < -0.4 is 19.5 Å². The first-order valence-corrected chi connectivity index (χ1v) is 11.1. The average molecular weight is 414 g/mol. The van der Waals surface area contributed by atoms with Gasteiger partial charge in [0.15, 0.2) is 11.5 Å². The number of benzene rings is 2. The first kappa shape index (κ1) is 24.1. The van der Waals surface area contributed by atoms with Gasteiger partial charge < -0.3 is 19.5 Å². The van der Waals surface area contributed by atoms with Gasteiger partial charge in [0.1, 0.15) is 5.75 Å². The normalized spacial score (nSPS) is 12.3. The van der Waals surface area contributed by atoms with Crippen molar-refractivity contribution < 1.29 is 14.2 Å². The van der Waals surface area contributed by atoms with E-state index in [1.165, 1.54) is 24.0 Å². The molecule has 0 aliphatic carbocycles. The van der Waals surface area contributed by atoms with Gasteiger partial charge in [-0.2, -0.15) is 0 Å². The Kier molecular flexibility index (Phi) is 10.0. The zero-order valence-corrected chi connectivity index (χ0v) is 19.5. The number of nitrogens with one attached hydrogen (secondary N) is 1. The van der Waals surface area contributed by atoms with Gasteiger partial charge in [-0.15, -0.1) is 0 Å². The fourth-order valence-electron chi connectivity index (χ4n) is 3.60. The van der Waals surface area contributed by atoms with Crippen molar-refractivity contribution in [1.29, 1.82) is 0 Å². The Bertz CT molecular complexity index is 740. The molecule has 0 saturated heterocycles. The zero-order chi connectivity index (χ0) is 21.9. The number of hydrogen-bond donors (Lipinski definition) is 1. The third-order valence-electron chi connectivity index (χ3n) is 5.26. The minimum atomic E-state index is 0.202. The Morgan fingerprint density at radius 2 is 1.50 bits per heavy atom. The Hall–Kier alpha value is -2.20. The third-order valence-corrected chi connectivity index (χ3v) is 5.26. The van der Waals surface area contributed by atoms with Crippen molar-refractivity contribution >= 4 is 0 Å². The molecule has 0 spiro atoms. The van der Waals surface area contributed by atoms with E-state index in [0.29, 0.717) is 5.92 Å². The van der Waals surface area contributed by atoms with Gasteiger partial charge in [0.25, 0.3) is 0 Å². The highest BCUT2D eigenvalue weighted by molar-refractivity contribution is 5.42. The molecule has 1 N–H and O–H groups in total. The van der Waals surface area contributed by atoms with Gasteiger partial charge in [-0.3, -0.25) is 0 Å². The summed E-state index contributed by atoms with van der Waals surface area (Å²) in [5.41, 5.74) is 2.60. The SMILES string of the molecule is COc1ccc(CNCC[C@H](CCC(C)C)c2ccc(OC(C)C)cc2)cc1OC. The molecule has 0 aliphatic rings. The van der Waals surface area contributed by atoms with Gasteiger partial charge in [-0.1, -0.05) is 38.5 Å². The van der Waals surface area contributed by atoms with E-state index in [0.717, 1.165) is 42.7 Å². The van der Waals surface area contributed by atoms with Crippen LogP contribution in [0.1, 0.15) is 64.0 Å².